The summed E-state index contributed by atoms with van der Waals surface area (Å²) in [7, 11) is 0. The van der Waals surface area contributed by atoms with Crippen LogP contribution in [0.3, 0.4) is 0 Å². The van der Waals surface area contributed by atoms with Crippen LogP contribution in [-0.4, -0.2) is 36.6 Å². The van der Waals surface area contributed by atoms with E-state index in [2.05, 4.69) is 30.1 Å². The van der Waals surface area contributed by atoms with E-state index in [4.69, 9.17) is 0 Å². The van der Waals surface area contributed by atoms with Gasteiger partial charge in [0, 0.05) is 6.54 Å². The van der Waals surface area contributed by atoms with E-state index in [0.29, 0.717) is 0 Å². The van der Waals surface area contributed by atoms with Gasteiger partial charge in [-0.1, -0.05) is 20.3 Å². The molecule has 0 amide bonds. The minimum atomic E-state index is -0.328. The standard InChI is InChI=1S/C17H33N3/c1-4-8-16-9-13-20(14-16)12-7-6-10-17(3,15-18)19-11-5-2/h16,19H,4-14H2,1-3H3. The smallest absolute Gasteiger partial charge is 0.103 e. The van der Waals surface area contributed by atoms with E-state index >= 15 is 0 Å². The Morgan fingerprint density at radius 3 is 2.75 bits per heavy atom. The van der Waals surface area contributed by atoms with E-state index in [1.807, 2.05) is 6.92 Å². The van der Waals surface area contributed by atoms with Crippen molar-refractivity contribution in [3.8, 4) is 6.07 Å². The van der Waals surface area contributed by atoms with Gasteiger partial charge in [0.15, 0.2) is 0 Å². The molecular weight excluding hydrogens is 246 g/mol. The zero-order chi connectivity index (χ0) is 14.8. The van der Waals surface area contributed by atoms with Crippen LogP contribution in [0.25, 0.3) is 0 Å². The molecule has 20 heavy (non-hydrogen) atoms. The largest absolute Gasteiger partial charge is 0.303 e. The molecule has 1 N–H and O–H groups in total. The molecule has 2 atom stereocenters. The summed E-state index contributed by atoms with van der Waals surface area (Å²) in [6, 6.07) is 2.44. The number of nitrogens with zero attached hydrogens (tertiary/aromatic N) is 2. The highest BCUT2D eigenvalue weighted by atomic mass is 15.1. The van der Waals surface area contributed by atoms with Gasteiger partial charge in [0.1, 0.15) is 5.54 Å². The molecule has 0 aromatic carbocycles. The van der Waals surface area contributed by atoms with Gasteiger partial charge in [0.05, 0.1) is 6.07 Å². The molecule has 3 heteroatoms. The number of rotatable bonds is 10. The first-order valence-electron chi connectivity index (χ1n) is 8.52. The number of unbranched alkanes of at least 4 members (excludes halogenated alkanes) is 1. The molecule has 1 saturated heterocycles. The van der Waals surface area contributed by atoms with Crippen LogP contribution in [0.15, 0.2) is 0 Å². The first kappa shape index (κ1) is 17.5. The van der Waals surface area contributed by atoms with E-state index in [1.165, 1.54) is 45.3 Å². The predicted molar refractivity (Wildman–Crippen MR) is 85.6 cm³/mol. The zero-order valence-electron chi connectivity index (χ0n) is 13.7. The van der Waals surface area contributed by atoms with Gasteiger partial charge in [-0.05, 0) is 71.0 Å². The molecule has 0 aromatic heterocycles. The Balaban J connectivity index is 2.14. The Labute approximate surface area is 125 Å². The summed E-state index contributed by atoms with van der Waals surface area (Å²) < 4.78 is 0. The molecule has 0 saturated carbocycles. The molecule has 0 bridgehead atoms. The second-order valence-corrected chi connectivity index (χ2v) is 6.57. The predicted octanol–water partition coefficient (Wildman–Crippen LogP) is 3.56. The summed E-state index contributed by atoms with van der Waals surface area (Å²) in [5, 5.41) is 12.7. The molecule has 116 valence electrons. The molecule has 1 aliphatic heterocycles. The van der Waals surface area contributed by atoms with Gasteiger partial charge >= 0.3 is 0 Å². The van der Waals surface area contributed by atoms with Crippen LogP contribution in [0, 0.1) is 17.2 Å². The Morgan fingerprint density at radius 2 is 2.10 bits per heavy atom. The van der Waals surface area contributed by atoms with Gasteiger partial charge in [-0.3, -0.25) is 5.32 Å². The molecule has 0 aromatic rings. The van der Waals surface area contributed by atoms with E-state index in [1.54, 1.807) is 0 Å². The lowest BCUT2D eigenvalue weighted by Gasteiger charge is -2.23. The third kappa shape index (κ3) is 6.24. The average Bonchev–Trinajstić information content (AvgIpc) is 2.89. The van der Waals surface area contributed by atoms with Crippen LogP contribution in [0.5, 0.6) is 0 Å². The minimum absolute atomic E-state index is 0.328. The van der Waals surface area contributed by atoms with Crippen LogP contribution in [0.4, 0.5) is 0 Å². The van der Waals surface area contributed by atoms with Crippen LogP contribution in [-0.2, 0) is 0 Å². The monoisotopic (exact) mass is 279 g/mol. The number of nitriles is 1. The molecule has 1 heterocycles. The second kappa shape index (κ2) is 9.37. The third-order valence-corrected chi connectivity index (χ3v) is 4.48. The summed E-state index contributed by atoms with van der Waals surface area (Å²) in [5.74, 6) is 0.940. The van der Waals surface area contributed by atoms with Crippen molar-refractivity contribution in [3.05, 3.63) is 0 Å². The minimum Gasteiger partial charge on any atom is -0.303 e. The van der Waals surface area contributed by atoms with E-state index < -0.39 is 0 Å². The molecular formula is C17H33N3. The van der Waals surface area contributed by atoms with Crippen LogP contribution >= 0.6 is 0 Å². The maximum absolute atomic E-state index is 9.29. The highest BCUT2D eigenvalue weighted by Gasteiger charge is 2.23. The SMILES string of the molecule is CCCNC(C)(C#N)CCCCN1CCC(CCC)C1. The highest BCUT2D eigenvalue weighted by Crippen LogP contribution is 2.21. The number of hydrogen-bond donors (Lipinski definition) is 1. The molecule has 2 unspecified atom stereocenters. The van der Waals surface area contributed by atoms with Crippen molar-refractivity contribution in [2.75, 3.05) is 26.2 Å². The lowest BCUT2D eigenvalue weighted by atomic mass is 9.96. The summed E-state index contributed by atoms with van der Waals surface area (Å²) in [4.78, 5) is 2.61. The average molecular weight is 279 g/mol. The van der Waals surface area contributed by atoms with Gasteiger partial charge in [-0.2, -0.15) is 5.26 Å². The van der Waals surface area contributed by atoms with Crippen molar-refractivity contribution >= 4 is 0 Å². The molecule has 1 aliphatic rings. The molecule has 0 radical (unpaired) electrons. The maximum Gasteiger partial charge on any atom is 0.103 e. The number of likely N-dealkylation sites (tertiary alicyclic amines) is 1. The Morgan fingerprint density at radius 1 is 1.30 bits per heavy atom. The van der Waals surface area contributed by atoms with Crippen molar-refractivity contribution in [2.45, 2.75) is 71.3 Å². The quantitative estimate of drug-likeness (QED) is 0.621. The Kier molecular flexibility index (Phi) is 8.18. The fourth-order valence-electron chi connectivity index (χ4n) is 3.16. The van der Waals surface area contributed by atoms with Crippen LogP contribution in [0.1, 0.15) is 65.7 Å². The molecule has 0 aliphatic carbocycles. The molecule has 1 rings (SSSR count). The summed E-state index contributed by atoms with van der Waals surface area (Å²) in [6.07, 6.45) is 8.53. The van der Waals surface area contributed by atoms with Gasteiger partial charge < -0.3 is 4.90 Å². The van der Waals surface area contributed by atoms with E-state index in [0.717, 1.165) is 31.7 Å². The maximum atomic E-state index is 9.29. The number of nitrogens with one attached hydrogen (secondary N) is 1. The fraction of sp³-hybridized carbons (Fsp3) is 0.941. The van der Waals surface area contributed by atoms with Gasteiger partial charge in [-0.15, -0.1) is 0 Å². The van der Waals surface area contributed by atoms with Crippen molar-refractivity contribution in [1.29, 1.82) is 5.26 Å². The lowest BCUT2D eigenvalue weighted by molar-refractivity contribution is 0.303. The Bertz CT molecular complexity index is 297. The summed E-state index contributed by atoms with van der Waals surface area (Å²) in [5.41, 5.74) is -0.328. The normalized spacial score (nSPS) is 22.6. The van der Waals surface area contributed by atoms with Crippen molar-refractivity contribution in [2.24, 2.45) is 5.92 Å². The van der Waals surface area contributed by atoms with Crippen molar-refractivity contribution in [3.63, 3.8) is 0 Å². The first-order valence-corrected chi connectivity index (χ1v) is 8.52. The van der Waals surface area contributed by atoms with Crippen molar-refractivity contribution < 1.29 is 0 Å². The zero-order valence-corrected chi connectivity index (χ0v) is 13.7. The second-order valence-electron chi connectivity index (χ2n) is 6.57. The fourth-order valence-corrected chi connectivity index (χ4v) is 3.16. The Hall–Kier alpha value is -0.590. The van der Waals surface area contributed by atoms with Crippen LogP contribution < -0.4 is 5.32 Å². The summed E-state index contributed by atoms with van der Waals surface area (Å²) in [6.45, 7) is 11.2. The topological polar surface area (TPSA) is 39.1 Å². The number of hydrogen-bond acceptors (Lipinski definition) is 3. The van der Waals surface area contributed by atoms with Gasteiger partial charge in [0.2, 0.25) is 0 Å². The highest BCUT2D eigenvalue weighted by molar-refractivity contribution is 5.03. The summed E-state index contributed by atoms with van der Waals surface area (Å²) >= 11 is 0. The molecule has 1 fully saturated rings. The van der Waals surface area contributed by atoms with Crippen LogP contribution in [0.2, 0.25) is 0 Å². The molecule has 3 nitrogen and oxygen atoms in total. The first-order chi connectivity index (χ1) is 9.63. The van der Waals surface area contributed by atoms with E-state index in [-0.39, 0.29) is 5.54 Å². The van der Waals surface area contributed by atoms with E-state index in [9.17, 15) is 5.26 Å². The lowest BCUT2D eigenvalue weighted by Crippen LogP contribution is -2.41. The van der Waals surface area contributed by atoms with Gasteiger partial charge in [0.25, 0.3) is 0 Å². The third-order valence-electron chi connectivity index (χ3n) is 4.48. The van der Waals surface area contributed by atoms with Crippen molar-refractivity contribution in [1.82, 2.24) is 10.2 Å². The van der Waals surface area contributed by atoms with Gasteiger partial charge in [-0.25, -0.2) is 0 Å². The molecule has 0 spiro atoms.